The third kappa shape index (κ3) is 4.21. The number of ether oxygens (including phenoxy) is 1. The van der Waals surface area contributed by atoms with Crippen LogP contribution in [0.5, 0.6) is 5.75 Å². The number of hydrogen-bond acceptors (Lipinski definition) is 2. The lowest BCUT2D eigenvalue weighted by Crippen LogP contribution is -2.30. The van der Waals surface area contributed by atoms with Gasteiger partial charge in [-0.1, -0.05) is 35.4 Å². The zero-order chi connectivity index (χ0) is 16.1. The maximum atomic E-state index is 5.48. The first-order valence-electron chi connectivity index (χ1n) is 7.22. The van der Waals surface area contributed by atoms with Crippen molar-refractivity contribution in [3.63, 3.8) is 0 Å². The first kappa shape index (κ1) is 16.3. The summed E-state index contributed by atoms with van der Waals surface area (Å²) in [6.45, 7) is 4.84. The Morgan fingerprint density at radius 3 is 2.36 bits per heavy atom. The monoisotopic (exact) mass is 314 g/mol. The van der Waals surface area contributed by atoms with Gasteiger partial charge >= 0.3 is 0 Å². The molecule has 0 spiro atoms. The SMILES string of the molecule is COc1ccc(C)cc1CN(C)C(=S)Nc1ccc(C)cc1. The lowest BCUT2D eigenvalue weighted by molar-refractivity contribution is 0.399. The maximum Gasteiger partial charge on any atom is 0.173 e. The quantitative estimate of drug-likeness (QED) is 0.857. The summed E-state index contributed by atoms with van der Waals surface area (Å²) in [6, 6.07) is 14.4. The molecule has 0 aliphatic heterocycles. The van der Waals surface area contributed by atoms with Crippen LogP contribution in [-0.4, -0.2) is 24.2 Å². The van der Waals surface area contributed by atoms with E-state index in [0.29, 0.717) is 11.7 Å². The average molecular weight is 314 g/mol. The average Bonchev–Trinajstić information content (AvgIpc) is 2.49. The second-order valence-corrected chi connectivity index (χ2v) is 5.85. The van der Waals surface area contributed by atoms with Gasteiger partial charge in [0, 0.05) is 24.8 Å². The number of nitrogens with zero attached hydrogens (tertiary/aromatic N) is 1. The molecule has 3 nitrogen and oxygen atoms in total. The molecule has 4 heteroatoms. The molecule has 2 aromatic carbocycles. The number of nitrogens with one attached hydrogen (secondary N) is 1. The van der Waals surface area contributed by atoms with E-state index in [4.69, 9.17) is 17.0 Å². The largest absolute Gasteiger partial charge is 0.496 e. The Bertz CT molecular complexity index is 653. The number of hydrogen-bond donors (Lipinski definition) is 1. The molecule has 0 aromatic heterocycles. The van der Waals surface area contributed by atoms with Crippen LogP contribution in [0.25, 0.3) is 0 Å². The minimum absolute atomic E-state index is 0.687. The van der Waals surface area contributed by atoms with Crippen molar-refractivity contribution in [1.82, 2.24) is 4.90 Å². The number of rotatable bonds is 4. The highest BCUT2D eigenvalue weighted by Crippen LogP contribution is 2.21. The van der Waals surface area contributed by atoms with E-state index in [1.165, 1.54) is 11.1 Å². The van der Waals surface area contributed by atoms with Gasteiger partial charge in [-0.2, -0.15) is 0 Å². The predicted octanol–water partition coefficient (Wildman–Crippen LogP) is 4.14. The molecule has 0 saturated heterocycles. The Morgan fingerprint density at radius 1 is 1.09 bits per heavy atom. The molecule has 0 saturated carbocycles. The molecule has 0 bridgehead atoms. The van der Waals surface area contributed by atoms with Gasteiger partial charge in [0.1, 0.15) is 5.75 Å². The molecule has 1 N–H and O–H groups in total. The Balaban J connectivity index is 2.05. The fourth-order valence-electron chi connectivity index (χ4n) is 2.21. The summed E-state index contributed by atoms with van der Waals surface area (Å²) in [6.07, 6.45) is 0. The van der Waals surface area contributed by atoms with Gasteiger partial charge < -0.3 is 15.0 Å². The van der Waals surface area contributed by atoms with Gasteiger partial charge in [0.15, 0.2) is 5.11 Å². The van der Waals surface area contributed by atoms with Gasteiger partial charge in [0.25, 0.3) is 0 Å². The van der Waals surface area contributed by atoms with Crippen molar-refractivity contribution >= 4 is 23.0 Å². The molecule has 0 radical (unpaired) electrons. The second kappa shape index (κ2) is 7.27. The molecule has 0 heterocycles. The van der Waals surface area contributed by atoms with Crippen molar-refractivity contribution < 1.29 is 4.74 Å². The maximum absolute atomic E-state index is 5.48. The molecular weight excluding hydrogens is 292 g/mol. The van der Waals surface area contributed by atoms with E-state index in [1.807, 2.05) is 36.2 Å². The molecule has 2 rings (SSSR count). The summed E-state index contributed by atoms with van der Waals surface area (Å²) >= 11 is 5.48. The van der Waals surface area contributed by atoms with Crippen LogP contribution in [0.4, 0.5) is 5.69 Å². The number of methoxy groups -OCH3 is 1. The Morgan fingerprint density at radius 2 is 1.73 bits per heavy atom. The number of benzene rings is 2. The number of thiocarbonyl (C=S) groups is 1. The molecule has 2 aromatic rings. The van der Waals surface area contributed by atoms with Gasteiger partial charge in [0.05, 0.1) is 7.11 Å². The van der Waals surface area contributed by atoms with Crippen molar-refractivity contribution in [3.8, 4) is 5.75 Å². The van der Waals surface area contributed by atoms with Crippen molar-refractivity contribution in [1.29, 1.82) is 0 Å². The molecule has 0 atom stereocenters. The minimum atomic E-state index is 0.687. The van der Waals surface area contributed by atoms with Gasteiger partial charge in [0.2, 0.25) is 0 Å². The molecule has 22 heavy (non-hydrogen) atoms. The summed E-state index contributed by atoms with van der Waals surface area (Å²) in [7, 11) is 3.67. The number of anilines is 1. The zero-order valence-corrected chi connectivity index (χ0v) is 14.3. The van der Waals surface area contributed by atoms with Crippen LogP contribution in [0.2, 0.25) is 0 Å². The van der Waals surface area contributed by atoms with Crippen LogP contribution in [-0.2, 0) is 6.54 Å². The van der Waals surface area contributed by atoms with E-state index in [9.17, 15) is 0 Å². The van der Waals surface area contributed by atoms with Gasteiger partial charge in [-0.3, -0.25) is 0 Å². The number of aryl methyl sites for hydroxylation is 2. The summed E-state index contributed by atoms with van der Waals surface area (Å²) in [5.41, 5.74) is 4.56. The summed E-state index contributed by atoms with van der Waals surface area (Å²) in [5.74, 6) is 0.885. The topological polar surface area (TPSA) is 24.5 Å². The Hall–Kier alpha value is -2.07. The van der Waals surface area contributed by atoms with Crippen molar-refractivity contribution in [2.75, 3.05) is 19.5 Å². The van der Waals surface area contributed by atoms with Crippen LogP contribution in [0, 0.1) is 13.8 Å². The van der Waals surface area contributed by atoms with E-state index >= 15 is 0 Å². The molecule has 116 valence electrons. The van der Waals surface area contributed by atoms with Crippen LogP contribution in [0.1, 0.15) is 16.7 Å². The Labute approximate surface area is 137 Å². The lowest BCUT2D eigenvalue weighted by atomic mass is 10.1. The van der Waals surface area contributed by atoms with Crippen LogP contribution < -0.4 is 10.1 Å². The van der Waals surface area contributed by atoms with Gasteiger partial charge in [-0.25, -0.2) is 0 Å². The highest BCUT2D eigenvalue weighted by atomic mass is 32.1. The van der Waals surface area contributed by atoms with E-state index < -0.39 is 0 Å². The van der Waals surface area contributed by atoms with E-state index in [1.54, 1.807) is 7.11 Å². The molecule has 0 aliphatic carbocycles. The molecule has 0 unspecified atom stereocenters. The van der Waals surface area contributed by atoms with Crippen LogP contribution in [0.15, 0.2) is 42.5 Å². The van der Waals surface area contributed by atoms with Crippen molar-refractivity contribution in [3.05, 3.63) is 59.2 Å². The smallest absolute Gasteiger partial charge is 0.173 e. The summed E-state index contributed by atoms with van der Waals surface area (Å²) < 4.78 is 5.42. The summed E-state index contributed by atoms with van der Waals surface area (Å²) in [4.78, 5) is 2.01. The molecule has 0 fully saturated rings. The lowest BCUT2D eigenvalue weighted by Gasteiger charge is -2.22. The van der Waals surface area contributed by atoms with E-state index in [2.05, 4.69) is 37.4 Å². The van der Waals surface area contributed by atoms with Gasteiger partial charge in [-0.05, 0) is 44.3 Å². The third-order valence-corrected chi connectivity index (χ3v) is 3.91. The minimum Gasteiger partial charge on any atom is -0.496 e. The fraction of sp³-hybridized carbons (Fsp3) is 0.278. The normalized spacial score (nSPS) is 10.2. The molecular formula is C18H22N2OS. The fourth-order valence-corrected chi connectivity index (χ4v) is 2.40. The second-order valence-electron chi connectivity index (χ2n) is 5.47. The first-order valence-corrected chi connectivity index (χ1v) is 7.62. The first-order chi connectivity index (χ1) is 10.5. The van der Waals surface area contributed by atoms with Gasteiger partial charge in [-0.15, -0.1) is 0 Å². The highest BCUT2D eigenvalue weighted by molar-refractivity contribution is 7.80. The van der Waals surface area contributed by atoms with E-state index in [-0.39, 0.29) is 0 Å². The van der Waals surface area contributed by atoms with Crippen LogP contribution >= 0.6 is 12.2 Å². The zero-order valence-electron chi connectivity index (χ0n) is 13.5. The van der Waals surface area contributed by atoms with Crippen molar-refractivity contribution in [2.24, 2.45) is 0 Å². The highest BCUT2D eigenvalue weighted by Gasteiger charge is 2.10. The Kier molecular flexibility index (Phi) is 5.39. The molecule has 0 amide bonds. The standard InChI is InChI=1S/C18H22N2OS/c1-13-5-8-16(9-6-13)19-18(22)20(3)12-15-11-14(2)7-10-17(15)21-4/h5-11H,12H2,1-4H3,(H,19,22). The molecule has 0 aliphatic rings. The van der Waals surface area contributed by atoms with E-state index in [0.717, 1.165) is 17.0 Å². The predicted molar refractivity (Wildman–Crippen MR) is 96.6 cm³/mol. The van der Waals surface area contributed by atoms with Crippen molar-refractivity contribution in [2.45, 2.75) is 20.4 Å². The summed E-state index contributed by atoms with van der Waals surface area (Å²) in [5, 5.41) is 3.95. The third-order valence-electron chi connectivity index (χ3n) is 3.49. The van der Waals surface area contributed by atoms with Crippen LogP contribution in [0.3, 0.4) is 0 Å².